The van der Waals surface area contributed by atoms with Crippen molar-refractivity contribution in [1.29, 1.82) is 0 Å². The fourth-order valence-electron chi connectivity index (χ4n) is 1.37. The molecule has 1 aromatic rings. The van der Waals surface area contributed by atoms with Crippen LogP contribution in [-0.2, 0) is 10.0 Å². The van der Waals surface area contributed by atoms with E-state index in [1.165, 1.54) is 0 Å². The summed E-state index contributed by atoms with van der Waals surface area (Å²) in [5, 5.41) is 17.6. The van der Waals surface area contributed by atoms with Gasteiger partial charge < -0.3 is 10.0 Å². The number of benzene rings is 1. The first-order chi connectivity index (χ1) is 7.90. The van der Waals surface area contributed by atoms with Crippen LogP contribution in [0, 0.1) is 5.82 Å². The molecule has 0 atom stereocenters. The second-order valence-electron chi connectivity index (χ2n) is 3.95. The predicted molar refractivity (Wildman–Crippen MR) is 59.6 cm³/mol. The minimum atomic E-state index is -3.72. The van der Waals surface area contributed by atoms with Crippen molar-refractivity contribution in [3.8, 4) is 0 Å². The fraction of sp³-hybridized carbons (Fsp3) is 0.333. The van der Waals surface area contributed by atoms with Crippen LogP contribution >= 0.6 is 0 Å². The highest BCUT2D eigenvalue weighted by Gasteiger charge is 2.28. The van der Waals surface area contributed by atoms with Gasteiger partial charge in [0.15, 0.2) is 0 Å². The van der Waals surface area contributed by atoms with Gasteiger partial charge >= 0.3 is 7.12 Å². The van der Waals surface area contributed by atoms with Crippen molar-refractivity contribution in [2.75, 3.05) is 0 Å². The van der Waals surface area contributed by atoms with Gasteiger partial charge in [-0.3, -0.25) is 0 Å². The van der Waals surface area contributed by atoms with Gasteiger partial charge in [-0.15, -0.1) is 0 Å². The van der Waals surface area contributed by atoms with Crippen LogP contribution in [0.15, 0.2) is 23.1 Å². The first kappa shape index (κ1) is 12.5. The van der Waals surface area contributed by atoms with E-state index in [1.54, 1.807) is 0 Å². The Morgan fingerprint density at radius 1 is 1.35 bits per heavy atom. The van der Waals surface area contributed by atoms with Crippen LogP contribution in [0.2, 0.25) is 0 Å². The maximum Gasteiger partial charge on any atom is 0.491 e. The SMILES string of the molecule is O=S(=O)(NC1CC1)c1ccc(B(O)O)c(F)c1. The highest BCUT2D eigenvalue weighted by atomic mass is 32.2. The quantitative estimate of drug-likeness (QED) is 0.602. The monoisotopic (exact) mass is 259 g/mol. The molecule has 1 fully saturated rings. The summed E-state index contributed by atoms with van der Waals surface area (Å²) >= 11 is 0. The van der Waals surface area contributed by atoms with Crippen molar-refractivity contribution in [1.82, 2.24) is 4.72 Å². The Balaban J connectivity index is 2.30. The summed E-state index contributed by atoms with van der Waals surface area (Å²) in [7, 11) is -5.67. The van der Waals surface area contributed by atoms with Crippen LogP contribution in [0.3, 0.4) is 0 Å². The number of halogens is 1. The molecule has 0 aromatic heterocycles. The maximum atomic E-state index is 13.4. The van der Waals surface area contributed by atoms with Crippen LogP contribution in [0.1, 0.15) is 12.8 Å². The normalized spacial score (nSPS) is 15.9. The molecule has 1 aliphatic carbocycles. The molecule has 17 heavy (non-hydrogen) atoms. The Morgan fingerprint density at radius 2 is 2.00 bits per heavy atom. The lowest BCUT2D eigenvalue weighted by atomic mass is 9.80. The minimum absolute atomic E-state index is 0.0637. The van der Waals surface area contributed by atoms with Gasteiger partial charge in [0.2, 0.25) is 10.0 Å². The minimum Gasteiger partial charge on any atom is -0.423 e. The molecule has 2 rings (SSSR count). The van der Waals surface area contributed by atoms with Gasteiger partial charge in [0.05, 0.1) is 4.90 Å². The smallest absolute Gasteiger partial charge is 0.423 e. The van der Waals surface area contributed by atoms with Crippen molar-refractivity contribution >= 4 is 22.6 Å². The van der Waals surface area contributed by atoms with Crippen LogP contribution in [0.4, 0.5) is 4.39 Å². The van der Waals surface area contributed by atoms with Crippen LogP contribution in [0.25, 0.3) is 0 Å². The molecule has 0 amide bonds. The molecule has 0 unspecified atom stereocenters. The second-order valence-corrected chi connectivity index (χ2v) is 5.67. The van der Waals surface area contributed by atoms with E-state index in [0.29, 0.717) is 0 Å². The number of hydrogen-bond acceptors (Lipinski definition) is 4. The molecule has 5 nitrogen and oxygen atoms in total. The summed E-state index contributed by atoms with van der Waals surface area (Å²) in [6.45, 7) is 0. The Kier molecular flexibility index (Phi) is 3.22. The largest absolute Gasteiger partial charge is 0.491 e. The lowest BCUT2D eigenvalue weighted by Gasteiger charge is -2.07. The van der Waals surface area contributed by atoms with E-state index in [-0.39, 0.29) is 16.4 Å². The van der Waals surface area contributed by atoms with E-state index in [4.69, 9.17) is 10.0 Å². The average molecular weight is 259 g/mol. The van der Waals surface area contributed by atoms with Crippen molar-refractivity contribution in [2.45, 2.75) is 23.8 Å². The van der Waals surface area contributed by atoms with Crippen molar-refractivity contribution in [3.63, 3.8) is 0 Å². The predicted octanol–water partition coefficient (Wildman–Crippen LogP) is -1.05. The highest BCUT2D eigenvalue weighted by Crippen LogP contribution is 2.22. The van der Waals surface area contributed by atoms with Gasteiger partial charge in [-0.1, -0.05) is 6.07 Å². The van der Waals surface area contributed by atoms with Gasteiger partial charge in [-0.2, -0.15) is 0 Å². The van der Waals surface area contributed by atoms with Crippen molar-refractivity contribution in [2.24, 2.45) is 0 Å². The summed E-state index contributed by atoms with van der Waals surface area (Å²) in [5.74, 6) is -0.960. The lowest BCUT2D eigenvalue weighted by Crippen LogP contribution is -2.33. The molecule has 3 N–H and O–H groups in total. The van der Waals surface area contributed by atoms with E-state index in [1.807, 2.05) is 0 Å². The van der Waals surface area contributed by atoms with E-state index in [2.05, 4.69) is 4.72 Å². The third-order valence-corrected chi connectivity index (χ3v) is 3.98. The molecule has 1 saturated carbocycles. The standard InChI is InChI=1S/C9H11BFNO4S/c11-9-5-7(3-4-8(9)10(13)14)17(15,16)12-6-1-2-6/h3-6,12-14H,1-2H2. The van der Waals surface area contributed by atoms with E-state index >= 15 is 0 Å². The zero-order valence-corrected chi connectivity index (χ0v) is 9.61. The Hall–Kier alpha value is -0.955. The molecule has 0 saturated heterocycles. The lowest BCUT2D eigenvalue weighted by molar-refractivity contribution is 0.423. The maximum absolute atomic E-state index is 13.4. The molecule has 0 aliphatic heterocycles. The van der Waals surface area contributed by atoms with Crippen molar-refractivity contribution < 1.29 is 22.9 Å². The molecule has 8 heteroatoms. The summed E-state index contributed by atoms with van der Waals surface area (Å²) < 4.78 is 39.2. The third kappa shape index (κ3) is 2.84. The number of hydrogen-bond donors (Lipinski definition) is 3. The molecular formula is C9H11BFNO4S. The zero-order valence-electron chi connectivity index (χ0n) is 8.80. The Morgan fingerprint density at radius 3 is 2.47 bits per heavy atom. The summed E-state index contributed by atoms with van der Waals surface area (Å²) in [5.41, 5.74) is -0.352. The van der Waals surface area contributed by atoms with E-state index < -0.39 is 23.0 Å². The molecular weight excluding hydrogens is 248 g/mol. The molecule has 0 radical (unpaired) electrons. The second kappa shape index (κ2) is 4.38. The highest BCUT2D eigenvalue weighted by molar-refractivity contribution is 7.89. The molecule has 92 valence electrons. The first-order valence-electron chi connectivity index (χ1n) is 5.08. The summed E-state index contributed by atoms with van der Waals surface area (Å²) in [6, 6.07) is 2.90. The fourth-order valence-corrected chi connectivity index (χ4v) is 2.69. The van der Waals surface area contributed by atoms with E-state index in [0.717, 1.165) is 31.0 Å². The van der Waals surface area contributed by atoms with Crippen LogP contribution in [-0.4, -0.2) is 31.6 Å². The van der Waals surface area contributed by atoms with Gasteiger partial charge in [-0.05, 0) is 25.0 Å². The Bertz CT molecular complexity index is 530. The van der Waals surface area contributed by atoms with E-state index in [9.17, 15) is 12.8 Å². The first-order valence-corrected chi connectivity index (χ1v) is 6.56. The molecule has 0 spiro atoms. The average Bonchev–Trinajstić information content (AvgIpc) is 3.00. The Labute approximate surface area is 98.5 Å². The van der Waals surface area contributed by atoms with Gasteiger partial charge in [-0.25, -0.2) is 17.5 Å². The molecule has 1 aromatic carbocycles. The van der Waals surface area contributed by atoms with Crippen molar-refractivity contribution in [3.05, 3.63) is 24.0 Å². The third-order valence-electron chi connectivity index (χ3n) is 2.46. The van der Waals surface area contributed by atoms with Gasteiger partial charge in [0.25, 0.3) is 0 Å². The van der Waals surface area contributed by atoms with Gasteiger partial charge in [0.1, 0.15) is 5.82 Å². The number of sulfonamides is 1. The van der Waals surface area contributed by atoms with Crippen LogP contribution in [0.5, 0.6) is 0 Å². The number of rotatable bonds is 4. The zero-order chi connectivity index (χ0) is 12.6. The van der Waals surface area contributed by atoms with Crippen LogP contribution < -0.4 is 10.2 Å². The summed E-state index contributed by atoms with van der Waals surface area (Å²) in [6.07, 6.45) is 1.57. The summed E-state index contributed by atoms with van der Waals surface area (Å²) in [4.78, 5) is -0.216. The van der Waals surface area contributed by atoms with Gasteiger partial charge in [0, 0.05) is 11.5 Å². The molecule has 1 aliphatic rings. The topological polar surface area (TPSA) is 86.6 Å². The molecule has 0 bridgehead atoms. The molecule has 0 heterocycles. The number of nitrogens with one attached hydrogen (secondary N) is 1.